The van der Waals surface area contributed by atoms with Crippen molar-refractivity contribution in [3.8, 4) is 0 Å². The minimum Gasteiger partial charge on any atom is -0.478 e. The number of benzene rings is 2. The molecule has 0 amide bonds. The number of carboxylic acid groups (broad SMARTS) is 1. The molecule has 90 valence electrons. The Morgan fingerprint density at radius 2 is 1.44 bits per heavy atom. The monoisotopic (exact) mass is 241 g/mol. The minimum atomic E-state index is -1.06. The molecule has 0 atom stereocenters. The van der Waals surface area contributed by atoms with E-state index in [0.29, 0.717) is 16.8 Å². The number of anilines is 1. The van der Waals surface area contributed by atoms with Crippen LogP contribution in [0, 0.1) is 0 Å². The fraction of sp³-hybridized carbons (Fsp3) is 0. The zero-order valence-electron chi connectivity index (χ0n) is 9.46. The molecule has 0 fully saturated rings. The van der Waals surface area contributed by atoms with Crippen LogP contribution in [0.4, 0.5) is 5.69 Å². The van der Waals surface area contributed by atoms with Gasteiger partial charge in [-0.25, -0.2) is 4.79 Å². The summed E-state index contributed by atoms with van der Waals surface area (Å²) in [5.41, 5.74) is 6.97. The summed E-state index contributed by atoms with van der Waals surface area (Å²) in [5.74, 6) is -1.30. The Kier molecular flexibility index (Phi) is 3.10. The zero-order valence-corrected chi connectivity index (χ0v) is 9.46. The van der Waals surface area contributed by atoms with Crippen LogP contribution in [0.1, 0.15) is 26.3 Å². The van der Waals surface area contributed by atoms with Gasteiger partial charge in [0, 0.05) is 16.8 Å². The third-order valence-electron chi connectivity index (χ3n) is 2.52. The Morgan fingerprint density at radius 1 is 0.889 bits per heavy atom. The van der Waals surface area contributed by atoms with E-state index in [1.807, 2.05) is 0 Å². The fourth-order valence-corrected chi connectivity index (χ4v) is 1.64. The Hall–Kier alpha value is -2.62. The van der Waals surface area contributed by atoms with Gasteiger partial charge in [-0.1, -0.05) is 24.3 Å². The van der Waals surface area contributed by atoms with E-state index in [-0.39, 0.29) is 11.3 Å². The molecule has 0 unspecified atom stereocenters. The third kappa shape index (κ3) is 2.38. The van der Waals surface area contributed by atoms with E-state index >= 15 is 0 Å². The topological polar surface area (TPSA) is 80.4 Å². The van der Waals surface area contributed by atoms with E-state index in [1.165, 1.54) is 12.1 Å². The molecule has 2 aromatic carbocycles. The van der Waals surface area contributed by atoms with Gasteiger partial charge < -0.3 is 10.8 Å². The number of hydrogen-bond donors (Lipinski definition) is 2. The van der Waals surface area contributed by atoms with Crippen LogP contribution < -0.4 is 5.73 Å². The van der Waals surface area contributed by atoms with Crippen LogP contribution in [0.3, 0.4) is 0 Å². The van der Waals surface area contributed by atoms with Gasteiger partial charge in [0.15, 0.2) is 5.78 Å². The van der Waals surface area contributed by atoms with E-state index in [4.69, 9.17) is 10.8 Å². The molecule has 0 bridgehead atoms. The zero-order chi connectivity index (χ0) is 13.1. The maximum absolute atomic E-state index is 12.1. The Morgan fingerprint density at radius 3 is 2.06 bits per heavy atom. The molecule has 0 saturated carbocycles. The first-order chi connectivity index (χ1) is 8.58. The average Bonchev–Trinajstić information content (AvgIpc) is 2.38. The van der Waals surface area contributed by atoms with E-state index in [0.717, 1.165) is 0 Å². The number of aromatic carboxylic acids is 1. The maximum atomic E-state index is 12.1. The smallest absolute Gasteiger partial charge is 0.335 e. The Bertz CT molecular complexity index is 620. The van der Waals surface area contributed by atoms with Crippen molar-refractivity contribution in [3.63, 3.8) is 0 Å². The quantitative estimate of drug-likeness (QED) is 0.637. The van der Waals surface area contributed by atoms with Crippen LogP contribution >= 0.6 is 0 Å². The maximum Gasteiger partial charge on any atom is 0.335 e. The first-order valence-electron chi connectivity index (χ1n) is 5.31. The largest absolute Gasteiger partial charge is 0.478 e. The molecule has 0 heterocycles. The van der Waals surface area contributed by atoms with Crippen molar-refractivity contribution in [2.24, 2.45) is 0 Å². The molecule has 0 aliphatic heterocycles. The van der Waals surface area contributed by atoms with Crippen LogP contribution in [0.15, 0.2) is 48.5 Å². The van der Waals surface area contributed by atoms with Gasteiger partial charge in [0.1, 0.15) is 0 Å². The van der Waals surface area contributed by atoms with E-state index in [9.17, 15) is 9.59 Å². The lowest BCUT2D eigenvalue weighted by Crippen LogP contribution is -2.04. The number of carbonyl (C=O) groups excluding carboxylic acids is 1. The normalized spacial score (nSPS) is 10.0. The predicted octanol–water partition coefficient (Wildman–Crippen LogP) is 2.20. The van der Waals surface area contributed by atoms with E-state index in [1.54, 1.807) is 36.4 Å². The fourth-order valence-electron chi connectivity index (χ4n) is 1.64. The van der Waals surface area contributed by atoms with E-state index < -0.39 is 5.97 Å². The lowest BCUT2D eigenvalue weighted by Gasteiger charge is -2.03. The highest BCUT2D eigenvalue weighted by Crippen LogP contribution is 2.14. The lowest BCUT2D eigenvalue weighted by molar-refractivity contribution is 0.0697. The van der Waals surface area contributed by atoms with Crippen LogP contribution in [0.25, 0.3) is 0 Å². The molecule has 2 rings (SSSR count). The van der Waals surface area contributed by atoms with Gasteiger partial charge in [-0.05, 0) is 24.3 Å². The van der Waals surface area contributed by atoms with Crippen molar-refractivity contribution in [1.82, 2.24) is 0 Å². The Labute approximate surface area is 104 Å². The number of nitrogen functional groups attached to an aromatic ring is 1. The van der Waals surface area contributed by atoms with Crippen LogP contribution in [0.5, 0.6) is 0 Å². The third-order valence-corrected chi connectivity index (χ3v) is 2.52. The molecule has 0 saturated heterocycles. The van der Waals surface area contributed by atoms with Gasteiger partial charge in [-0.15, -0.1) is 0 Å². The first-order valence-corrected chi connectivity index (χ1v) is 5.31. The summed E-state index contributed by atoms with van der Waals surface area (Å²) in [6.45, 7) is 0. The predicted molar refractivity (Wildman–Crippen MR) is 67.7 cm³/mol. The van der Waals surface area contributed by atoms with Gasteiger partial charge in [0.05, 0.1) is 5.56 Å². The van der Waals surface area contributed by atoms with E-state index in [2.05, 4.69) is 0 Å². The summed E-state index contributed by atoms with van der Waals surface area (Å²) in [6, 6.07) is 12.5. The standard InChI is InChI=1S/C14H11NO3/c15-12-6-2-4-10(8-12)13(16)9-3-1-5-11(7-9)14(17)18/h1-8H,15H2,(H,17,18). The number of ketones is 1. The van der Waals surface area contributed by atoms with Gasteiger partial charge in [-0.2, -0.15) is 0 Å². The SMILES string of the molecule is Nc1cccc(C(=O)c2cccc(C(=O)O)c2)c1. The molecule has 0 spiro atoms. The summed E-state index contributed by atoms with van der Waals surface area (Å²) in [5, 5.41) is 8.87. The van der Waals surface area contributed by atoms with Crippen LogP contribution in [-0.2, 0) is 0 Å². The van der Waals surface area contributed by atoms with Crippen molar-refractivity contribution in [3.05, 3.63) is 65.2 Å². The first kappa shape index (κ1) is 11.9. The van der Waals surface area contributed by atoms with Crippen molar-refractivity contribution < 1.29 is 14.7 Å². The highest BCUT2D eigenvalue weighted by Gasteiger charge is 2.11. The second-order valence-corrected chi connectivity index (χ2v) is 3.84. The minimum absolute atomic E-state index is 0.0877. The molecule has 0 aliphatic rings. The number of carboxylic acids is 1. The number of hydrogen-bond acceptors (Lipinski definition) is 3. The summed E-state index contributed by atoms with van der Waals surface area (Å²) in [6.07, 6.45) is 0. The van der Waals surface area contributed by atoms with Gasteiger partial charge in [-0.3, -0.25) is 4.79 Å². The summed E-state index contributed by atoms with van der Waals surface area (Å²) < 4.78 is 0. The van der Waals surface area contributed by atoms with Gasteiger partial charge >= 0.3 is 5.97 Å². The van der Waals surface area contributed by atoms with Gasteiger partial charge in [0.2, 0.25) is 0 Å². The lowest BCUT2D eigenvalue weighted by atomic mass is 10.0. The van der Waals surface area contributed by atoms with Crippen molar-refractivity contribution in [1.29, 1.82) is 0 Å². The highest BCUT2D eigenvalue weighted by atomic mass is 16.4. The number of nitrogens with two attached hydrogens (primary N) is 1. The average molecular weight is 241 g/mol. The van der Waals surface area contributed by atoms with Crippen LogP contribution in [-0.4, -0.2) is 16.9 Å². The summed E-state index contributed by atoms with van der Waals surface area (Å²) in [4.78, 5) is 23.0. The number of carbonyl (C=O) groups is 2. The Balaban J connectivity index is 2.40. The van der Waals surface area contributed by atoms with Crippen molar-refractivity contribution in [2.45, 2.75) is 0 Å². The molecule has 4 heteroatoms. The van der Waals surface area contributed by atoms with Crippen molar-refractivity contribution in [2.75, 3.05) is 5.73 Å². The molecule has 3 N–H and O–H groups in total. The van der Waals surface area contributed by atoms with Crippen LogP contribution in [0.2, 0.25) is 0 Å². The van der Waals surface area contributed by atoms with Crippen molar-refractivity contribution >= 4 is 17.4 Å². The molecule has 2 aromatic rings. The number of rotatable bonds is 3. The molecule has 0 aliphatic carbocycles. The molecular weight excluding hydrogens is 230 g/mol. The summed E-state index contributed by atoms with van der Waals surface area (Å²) in [7, 11) is 0. The second kappa shape index (κ2) is 4.71. The molecule has 0 aromatic heterocycles. The molecule has 18 heavy (non-hydrogen) atoms. The summed E-state index contributed by atoms with van der Waals surface area (Å²) >= 11 is 0. The second-order valence-electron chi connectivity index (χ2n) is 3.84. The molecular formula is C14H11NO3. The highest BCUT2D eigenvalue weighted by molar-refractivity contribution is 6.10. The molecule has 0 radical (unpaired) electrons. The van der Waals surface area contributed by atoms with Gasteiger partial charge in [0.25, 0.3) is 0 Å². The molecule has 4 nitrogen and oxygen atoms in total.